The number of rotatable bonds is 5. The predicted molar refractivity (Wildman–Crippen MR) is 186 cm³/mol. The highest BCUT2D eigenvalue weighted by atomic mass is 35.5. The molecule has 3 amide bonds. The number of nitrogens with one attached hydrogen (secondary N) is 2. The minimum atomic E-state index is -1.89. The molecule has 53 heavy (non-hydrogen) atoms. The Hall–Kier alpha value is -3.52. The number of hydrogen-bond acceptors (Lipinski definition) is 14. The minimum absolute atomic E-state index is 0.0983. The lowest BCUT2D eigenvalue weighted by Crippen LogP contribution is -2.65. The summed E-state index contributed by atoms with van der Waals surface area (Å²) >= 11 is 6.68. The highest BCUT2D eigenvalue weighted by Crippen LogP contribution is 2.49. The van der Waals surface area contributed by atoms with Crippen molar-refractivity contribution in [2.45, 2.75) is 106 Å². The number of carbonyl (C=O) groups excluding carboxylic acids is 3. The van der Waals surface area contributed by atoms with E-state index >= 15 is 0 Å². The van der Waals surface area contributed by atoms with Gasteiger partial charge in [0.15, 0.2) is 12.0 Å². The first kappa shape index (κ1) is 40.7. The second kappa shape index (κ2) is 16.1. The van der Waals surface area contributed by atoms with E-state index in [9.17, 15) is 39.9 Å². The first-order chi connectivity index (χ1) is 25.0. The van der Waals surface area contributed by atoms with Gasteiger partial charge in [0.25, 0.3) is 0 Å². The summed E-state index contributed by atoms with van der Waals surface area (Å²) in [5, 5.41) is 59.6. The summed E-state index contributed by atoms with van der Waals surface area (Å²) in [5.41, 5.74) is -2.12. The van der Waals surface area contributed by atoms with Crippen molar-refractivity contribution in [2.75, 3.05) is 32.8 Å². The highest BCUT2D eigenvalue weighted by molar-refractivity contribution is 6.35. The fourth-order valence-electron chi connectivity index (χ4n) is 7.39. The number of fused-ring (bicyclic) bond motifs is 5. The lowest BCUT2D eigenvalue weighted by Gasteiger charge is -2.46. The van der Waals surface area contributed by atoms with Crippen LogP contribution in [0.15, 0.2) is 35.9 Å². The normalized spacial score (nSPS) is 37.9. The summed E-state index contributed by atoms with van der Waals surface area (Å²) in [4.78, 5) is 41.2. The van der Waals surface area contributed by atoms with Crippen molar-refractivity contribution >= 4 is 35.4 Å². The molecule has 0 aromatic heterocycles. The van der Waals surface area contributed by atoms with Gasteiger partial charge in [-0.15, -0.1) is 0 Å². The zero-order valence-electron chi connectivity index (χ0n) is 30.2. The van der Waals surface area contributed by atoms with Crippen molar-refractivity contribution in [1.82, 2.24) is 10.6 Å². The quantitative estimate of drug-likeness (QED) is 0.207. The zero-order chi connectivity index (χ0) is 39.0. The van der Waals surface area contributed by atoms with E-state index in [0.717, 1.165) is 10.5 Å². The van der Waals surface area contributed by atoms with E-state index in [-0.39, 0.29) is 23.6 Å². The maximum Gasteiger partial charge on any atom is 0.409 e. The summed E-state index contributed by atoms with van der Waals surface area (Å²) < 4.78 is 34.4. The molecule has 0 unspecified atom stereocenters. The first-order valence-corrected chi connectivity index (χ1v) is 17.5. The summed E-state index contributed by atoms with van der Waals surface area (Å²) in [6, 6.07) is 2.91. The van der Waals surface area contributed by atoms with Crippen molar-refractivity contribution in [3.05, 3.63) is 46.5 Å². The van der Waals surface area contributed by atoms with Gasteiger partial charge in [0, 0.05) is 33.6 Å². The molecule has 4 aliphatic rings. The van der Waals surface area contributed by atoms with Crippen LogP contribution in [0.2, 0.25) is 5.02 Å². The zero-order valence-corrected chi connectivity index (χ0v) is 31.0. The number of methoxy groups -OCH3 is 2. The third-order valence-electron chi connectivity index (χ3n) is 10.4. The van der Waals surface area contributed by atoms with E-state index in [2.05, 4.69) is 10.6 Å². The van der Waals surface area contributed by atoms with E-state index < -0.39 is 109 Å². The number of aliphatic hydroxyl groups is 4. The minimum Gasteiger partial charge on any atom is -0.506 e. The van der Waals surface area contributed by atoms with Crippen LogP contribution in [0.5, 0.6) is 5.75 Å². The van der Waals surface area contributed by atoms with Crippen molar-refractivity contribution < 1.29 is 68.3 Å². The number of carbonyl (C=O) groups is 3. The van der Waals surface area contributed by atoms with Crippen molar-refractivity contribution in [3.63, 3.8) is 0 Å². The molecule has 7 N–H and O–H groups in total. The van der Waals surface area contributed by atoms with Gasteiger partial charge in [0.05, 0.1) is 24.8 Å². The molecule has 12 atom stereocenters. The number of epoxide rings is 1. The molecule has 4 bridgehead atoms. The molecule has 294 valence electrons. The Morgan fingerprint density at radius 2 is 1.91 bits per heavy atom. The Balaban J connectivity index is 1.67. The molecule has 18 heteroatoms. The molecule has 17 nitrogen and oxygen atoms in total. The van der Waals surface area contributed by atoms with Crippen LogP contribution in [0.1, 0.15) is 39.2 Å². The fourth-order valence-corrected chi connectivity index (χ4v) is 7.59. The molecule has 3 saturated heterocycles. The summed E-state index contributed by atoms with van der Waals surface area (Å²) in [5.74, 6) is -1.86. The average molecular weight is 770 g/mol. The number of allylic oxidation sites excluding steroid dienone is 3. The van der Waals surface area contributed by atoms with Crippen LogP contribution in [0.3, 0.4) is 0 Å². The number of anilines is 1. The molecule has 5 rings (SSSR count). The van der Waals surface area contributed by atoms with Gasteiger partial charge in [-0.1, -0.05) is 42.3 Å². The van der Waals surface area contributed by atoms with Gasteiger partial charge in [0.1, 0.15) is 59.1 Å². The smallest absolute Gasteiger partial charge is 0.409 e. The van der Waals surface area contributed by atoms with Crippen LogP contribution >= 0.6 is 11.6 Å². The first-order valence-electron chi connectivity index (χ1n) is 17.1. The maximum atomic E-state index is 14.7. The highest BCUT2D eigenvalue weighted by Gasteiger charge is 2.65. The van der Waals surface area contributed by atoms with Crippen LogP contribution in [-0.2, 0) is 39.6 Å². The largest absolute Gasteiger partial charge is 0.506 e. The molecule has 0 radical (unpaired) electrons. The van der Waals surface area contributed by atoms with Gasteiger partial charge in [-0.25, -0.2) is 9.59 Å². The van der Waals surface area contributed by atoms with Crippen molar-refractivity contribution in [1.29, 1.82) is 0 Å². The summed E-state index contributed by atoms with van der Waals surface area (Å²) in [7, 11) is 3.94. The lowest BCUT2D eigenvalue weighted by atomic mass is 9.83. The van der Waals surface area contributed by atoms with Gasteiger partial charge in [-0.05, 0) is 38.0 Å². The number of halogens is 1. The number of phenols is 1. The Morgan fingerprint density at radius 3 is 2.55 bits per heavy atom. The Morgan fingerprint density at radius 1 is 1.19 bits per heavy atom. The van der Waals surface area contributed by atoms with E-state index in [4.69, 9.17) is 40.0 Å². The number of ether oxygens (including phenoxy) is 6. The van der Waals surface area contributed by atoms with Gasteiger partial charge in [-0.3, -0.25) is 15.0 Å². The third-order valence-corrected chi connectivity index (χ3v) is 10.7. The Kier molecular flexibility index (Phi) is 12.3. The Bertz CT molecular complexity index is 1610. The number of hydrogen-bond donors (Lipinski definition) is 7. The molecule has 1 aromatic rings. The summed E-state index contributed by atoms with van der Waals surface area (Å²) in [6.45, 7) is 4.42. The third kappa shape index (κ3) is 8.13. The van der Waals surface area contributed by atoms with Crippen LogP contribution in [0.4, 0.5) is 15.3 Å². The Labute approximate surface area is 311 Å². The molecule has 0 aliphatic carbocycles. The van der Waals surface area contributed by atoms with Gasteiger partial charge in [0.2, 0.25) is 5.91 Å². The lowest BCUT2D eigenvalue weighted by molar-refractivity contribution is -0.235. The molecular weight excluding hydrogens is 722 g/mol. The van der Waals surface area contributed by atoms with Crippen LogP contribution in [-0.4, -0.2) is 138 Å². The van der Waals surface area contributed by atoms with E-state index in [1.54, 1.807) is 39.0 Å². The molecule has 1 aromatic carbocycles. The second-order valence-corrected chi connectivity index (χ2v) is 14.4. The molecular formula is C35H48ClN3O14. The number of alkyl carbamates (subject to hydrolysis) is 2. The number of aliphatic hydroxyl groups excluding tert-OH is 3. The average Bonchev–Trinajstić information content (AvgIpc) is 3.80. The summed E-state index contributed by atoms with van der Waals surface area (Å²) in [6.07, 6.45) is -8.88. The number of amides is 3. The van der Waals surface area contributed by atoms with Crippen molar-refractivity contribution in [2.24, 2.45) is 5.92 Å². The predicted octanol–water partition coefficient (Wildman–Crippen LogP) is 1.00. The monoisotopic (exact) mass is 769 g/mol. The fraction of sp³-hybridized carbons (Fsp3) is 0.629. The van der Waals surface area contributed by atoms with Gasteiger partial charge in [-0.2, -0.15) is 0 Å². The second-order valence-electron chi connectivity index (χ2n) is 14.0. The van der Waals surface area contributed by atoms with Crippen molar-refractivity contribution in [3.8, 4) is 5.75 Å². The number of aromatic hydroxyl groups is 1. The maximum absolute atomic E-state index is 14.7. The number of nitrogens with zero attached hydrogens (tertiary/aromatic N) is 1. The number of phenolic OH excluding ortho intramolecular Hbond substituents is 1. The van der Waals surface area contributed by atoms with Crippen LogP contribution in [0, 0.1) is 5.92 Å². The van der Waals surface area contributed by atoms with E-state index in [0.29, 0.717) is 5.56 Å². The van der Waals surface area contributed by atoms with Crippen LogP contribution in [0.25, 0.3) is 0 Å². The standard InChI is InChI=1S/C35H48ClN3O14/c1-16-8-7-9-23(48-5)35(47)14-21(51-33(46)38-35)17(2)30-34(3,53-30)24(52-32(45)37-4)13-25(42)39(19-11-18(10-16)12-20(41)26(19)36)31-28(44)29(49-6)27(43)22(15-40)50-31/h7-9,11-12,17,21-24,27-31,40-41,43-44,47H,10,13-15H2,1-6H3,(H,37,45)(H,38,46)/t17-,21+,22+,23-,24+,27+,28+,29-,30+,31+,34+,35+/m1/s1. The number of benzene rings is 1. The van der Waals surface area contributed by atoms with Gasteiger partial charge >= 0.3 is 12.2 Å². The van der Waals surface area contributed by atoms with E-state index in [1.807, 2.05) is 0 Å². The molecule has 3 fully saturated rings. The molecule has 0 saturated carbocycles. The van der Waals surface area contributed by atoms with E-state index in [1.165, 1.54) is 33.4 Å². The molecule has 4 aliphatic heterocycles. The topological polar surface area (TPSA) is 238 Å². The molecule has 4 heterocycles. The molecule has 0 spiro atoms. The van der Waals surface area contributed by atoms with Crippen LogP contribution < -0.4 is 15.5 Å². The SMILES string of the molecule is CNC(=O)O[C@H]1CC(=O)N([C@H]2O[C@@H](CO)[C@H](O)[C@@H](OC)[C@@H]2O)c2cc(cc(O)c2Cl)CC(C)=CC=C[C@@H](OC)[C@@]2(O)C[C@H](OC(=O)N2)[C@@H](C)[C@@H]2O[C@@]12C. The van der Waals surface area contributed by atoms with Gasteiger partial charge < -0.3 is 59.3 Å².